The van der Waals surface area contributed by atoms with Crippen LogP contribution in [0.25, 0.3) is 0 Å². The van der Waals surface area contributed by atoms with E-state index in [9.17, 15) is 19.0 Å². The first-order chi connectivity index (χ1) is 35.8. The molecule has 2 unspecified atom stereocenters. The van der Waals surface area contributed by atoms with Crippen LogP contribution in [0.2, 0.25) is 0 Å². The quantitative estimate of drug-likeness (QED) is 0.0264. The first-order valence-corrected chi connectivity index (χ1v) is 32.3. The van der Waals surface area contributed by atoms with Crippen LogP contribution in [-0.4, -0.2) is 49.3 Å². The molecule has 0 amide bonds. The summed E-state index contributed by atoms with van der Waals surface area (Å²) in [5, 5.41) is 0. The van der Waals surface area contributed by atoms with Crippen molar-refractivity contribution in [3.63, 3.8) is 0 Å². The average molecular weight is 1050 g/mol. The Morgan fingerprint density at radius 2 is 0.753 bits per heavy atom. The molecule has 0 aliphatic heterocycles. The molecule has 0 spiro atoms. The highest BCUT2D eigenvalue weighted by molar-refractivity contribution is 7.47. The van der Waals surface area contributed by atoms with E-state index in [4.69, 9.17) is 24.3 Å². The number of unbranched alkanes of at least 4 members (excludes halogenated alkanes) is 35. The van der Waals surface area contributed by atoms with Crippen LogP contribution >= 0.6 is 7.82 Å². The molecule has 0 saturated carbocycles. The molecule has 0 aliphatic rings. The van der Waals surface area contributed by atoms with E-state index in [1.54, 1.807) is 0 Å². The first-order valence-electron chi connectivity index (χ1n) is 30.8. The molecule has 9 nitrogen and oxygen atoms in total. The topological polar surface area (TPSA) is 134 Å². The average Bonchev–Trinajstić information content (AvgIpc) is 3.38. The second-order valence-corrected chi connectivity index (χ2v) is 22.0. The van der Waals surface area contributed by atoms with Crippen molar-refractivity contribution >= 4 is 19.8 Å². The van der Waals surface area contributed by atoms with E-state index in [0.29, 0.717) is 6.42 Å². The number of rotatable bonds is 58. The zero-order chi connectivity index (χ0) is 53.1. The molecule has 0 radical (unpaired) electrons. The Labute approximate surface area is 450 Å². The number of carbonyl (C=O) groups excluding carboxylic acids is 2. The van der Waals surface area contributed by atoms with Crippen molar-refractivity contribution in [1.82, 2.24) is 0 Å². The molecule has 426 valence electrons. The van der Waals surface area contributed by atoms with E-state index in [1.165, 1.54) is 193 Å². The minimum Gasteiger partial charge on any atom is -0.462 e. The van der Waals surface area contributed by atoms with Crippen molar-refractivity contribution in [1.29, 1.82) is 0 Å². The Morgan fingerprint density at radius 1 is 0.425 bits per heavy atom. The number of ether oxygens (including phenoxy) is 2. The number of hydrogen-bond donors (Lipinski definition) is 2. The summed E-state index contributed by atoms with van der Waals surface area (Å²) in [6.07, 6.45) is 74.5. The lowest BCUT2D eigenvalue weighted by Gasteiger charge is -2.19. The van der Waals surface area contributed by atoms with Crippen molar-refractivity contribution in [3.05, 3.63) is 60.8 Å². The fourth-order valence-electron chi connectivity index (χ4n) is 8.86. The number of esters is 2. The van der Waals surface area contributed by atoms with Crippen molar-refractivity contribution in [2.45, 2.75) is 302 Å². The van der Waals surface area contributed by atoms with E-state index in [-0.39, 0.29) is 38.6 Å². The van der Waals surface area contributed by atoms with Crippen molar-refractivity contribution in [3.8, 4) is 0 Å². The summed E-state index contributed by atoms with van der Waals surface area (Å²) >= 11 is 0. The maximum Gasteiger partial charge on any atom is 0.472 e. The predicted octanol–water partition coefficient (Wildman–Crippen LogP) is 19.5. The third-order valence-electron chi connectivity index (χ3n) is 13.4. The summed E-state index contributed by atoms with van der Waals surface area (Å²) < 4.78 is 33.0. The van der Waals surface area contributed by atoms with Gasteiger partial charge in [0.2, 0.25) is 0 Å². The lowest BCUT2D eigenvalue weighted by Crippen LogP contribution is -2.29. The van der Waals surface area contributed by atoms with Crippen LogP contribution in [0, 0.1) is 0 Å². The minimum atomic E-state index is -4.39. The smallest absolute Gasteiger partial charge is 0.462 e. The van der Waals surface area contributed by atoms with E-state index in [0.717, 1.165) is 70.6 Å². The Hall–Kier alpha value is -2.29. The van der Waals surface area contributed by atoms with Crippen LogP contribution in [0.1, 0.15) is 296 Å². The molecule has 0 rings (SSSR count). The summed E-state index contributed by atoms with van der Waals surface area (Å²) in [5.74, 6) is -0.829. The summed E-state index contributed by atoms with van der Waals surface area (Å²) in [6, 6.07) is 0. The van der Waals surface area contributed by atoms with Gasteiger partial charge in [0, 0.05) is 19.4 Å². The van der Waals surface area contributed by atoms with Crippen molar-refractivity contribution < 1.29 is 37.6 Å². The first kappa shape index (κ1) is 70.7. The highest BCUT2D eigenvalue weighted by Crippen LogP contribution is 2.43. The van der Waals surface area contributed by atoms with Crippen LogP contribution in [0.4, 0.5) is 0 Å². The maximum absolute atomic E-state index is 12.7. The monoisotopic (exact) mass is 1050 g/mol. The van der Waals surface area contributed by atoms with Crippen molar-refractivity contribution in [2.75, 3.05) is 26.4 Å². The van der Waals surface area contributed by atoms with Gasteiger partial charge >= 0.3 is 19.8 Å². The zero-order valence-electron chi connectivity index (χ0n) is 47.6. The Balaban J connectivity index is 3.82. The van der Waals surface area contributed by atoms with Gasteiger partial charge in [-0.1, -0.05) is 267 Å². The maximum atomic E-state index is 12.7. The van der Waals surface area contributed by atoms with E-state index in [2.05, 4.69) is 74.6 Å². The van der Waals surface area contributed by atoms with Gasteiger partial charge in [0.15, 0.2) is 6.10 Å². The van der Waals surface area contributed by atoms with Gasteiger partial charge < -0.3 is 20.1 Å². The zero-order valence-corrected chi connectivity index (χ0v) is 48.5. The van der Waals surface area contributed by atoms with Crippen LogP contribution in [0.3, 0.4) is 0 Å². The molecule has 0 bridgehead atoms. The number of phosphoric acid groups is 1. The molecule has 0 aromatic carbocycles. The lowest BCUT2D eigenvalue weighted by molar-refractivity contribution is -0.161. The van der Waals surface area contributed by atoms with E-state index in [1.807, 2.05) is 0 Å². The molecule has 10 heteroatoms. The molecule has 73 heavy (non-hydrogen) atoms. The Kier molecular flexibility index (Phi) is 57.1. The van der Waals surface area contributed by atoms with Gasteiger partial charge in [-0.05, 0) is 77.0 Å². The van der Waals surface area contributed by atoms with Gasteiger partial charge in [-0.25, -0.2) is 4.57 Å². The van der Waals surface area contributed by atoms with Gasteiger partial charge in [-0.2, -0.15) is 0 Å². The van der Waals surface area contributed by atoms with Crippen LogP contribution in [0.5, 0.6) is 0 Å². The largest absolute Gasteiger partial charge is 0.472 e. The molecule has 0 aromatic heterocycles. The highest BCUT2D eigenvalue weighted by atomic mass is 31.2. The normalized spacial score (nSPS) is 13.4. The second kappa shape index (κ2) is 59.0. The molecule has 0 heterocycles. The predicted molar refractivity (Wildman–Crippen MR) is 312 cm³/mol. The molecule has 2 atom stereocenters. The third-order valence-corrected chi connectivity index (χ3v) is 14.4. The minimum absolute atomic E-state index is 0.0511. The molecular formula is C63H116NO8P. The van der Waals surface area contributed by atoms with Gasteiger partial charge in [-0.3, -0.25) is 18.6 Å². The highest BCUT2D eigenvalue weighted by Gasteiger charge is 2.26. The standard InChI is InChI=1S/C63H116NO8P/c1-3-5-7-9-11-13-15-17-19-21-22-23-24-25-26-27-28-29-30-31-32-33-34-35-36-37-38-40-41-43-45-47-49-51-53-55-62(65)69-59-61(60-71-73(67,68)70-58-57-64)72-63(66)56-54-52-50-48-46-44-42-39-20-18-16-14-12-10-8-6-4-2/h6,8,12,14-15,17-18,20-22,61H,3-5,7,9-11,13,16,19,23-60,64H2,1-2H3,(H,67,68)/b8-6-,14-12-,17-15-,20-18-,22-21-. The molecule has 0 aromatic rings. The van der Waals surface area contributed by atoms with Gasteiger partial charge in [0.1, 0.15) is 6.61 Å². The molecule has 3 N–H and O–H groups in total. The number of hydrogen-bond acceptors (Lipinski definition) is 8. The lowest BCUT2D eigenvalue weighted by atomic mass is 10.0. The van der Waals surface area contributed by atoms with Gasteiger partial charge in [0.25, 0.3) is 0 Å². The van der Waals surface area contributed by atoms with Gasteiger partial charge in [-0.15, -0.1) is 0 Å². The fraction of sp³-hybridized carbons (Fsp3) is 0.810. The number of phosphoric ester groups is 1. The molecule has 0 fully saturated rings. The molecule has 0 aliphatic carbocycles. The number of allylic oxidation sites excluding steroid dienone is 10. The van der Waals surface area contributed by atoms with Crippen molar-refractivity contribution in [2.24, 2.45) is 5.73 Å². The summed E-state index contributed by atoms with van der Waals surface area (Å²) in [6.45, 7) is 3.64. The number of nitrogens with two attached hydrogens (primary N) is 1. The van der Waals surface area contributed by atoms with Gasteiger partial charge in [0.05, 0.1) is 13.2 Å². The second-order valence-electron chi connectivity index (χ2n) is 20.5. The number of carbonyl (C=O) groups is 2. The SMILES string of the molecule is CC/C=C\C/C=C\C/C=C\CCCCCCCCCC(=O)OC(COC(=O)CCCCCCCCCCCCCCCCCCCCCCCCC/C=C\C/C=C\CCCCCCC)COP(=O)(O)OCCN. The molecular weight excluding hydrogens is 930 g/mol. The summed E-state index contributed by atoms with van der Waals surface area (Å²) in [7, 11) is -4.39. The molecule has 0 saturated heterocycles. The van der Waals surface area contributed by atoms with Crippen LogP contribution < -0.4 is 5.73 Å². The Bertz CT molecular complexity index is 1380. The fourth-order valence-corrected chi connectivity index (χ4v) is 9.63. The van der Waals surface area contributed by atoms with Crippen LogP contribution in [0.15, 0.2) is 60.8 Å². The Morgan fingerprint density at radius 3 is 1.12 bits per heavy atom. The third kappa shape index (κ3) is 58.8. The van der Waals surface area contributed by atoms with Crippen LogP contribution in [-0.2, 0) is 32.7 Å². The van der Waals surface area contributed by atoms with E-state index < -0.39 is 26.5 Å². The summed E-state index contributed by atoms with van der Waals surface area (Å²) in [4.78, 5) is 35.2. The summed E-state index contributed by atoms with van der Waals surface area (Å²) in [5.41, 5.74) is 5.38. The van der Waals surface area contributed by atoms with E-state index >= 15 is 0 Å².